The smallest absolute Gasteiger partial charge is 0.318 e. The fourth-order valence-corrected chi connectivity index (χ4v) is 3.13. The first-order valence-corrected chi connectivity index (χ1v) is 8.25. The van der Waals surface area contributed by atoms with Crippen LogP contribution in [0.2, 0.25) is 0 Å². The largest absolute Gasteiger partial charge is 0.465 e. The van der Waals surface area contributed by atoms with Crippen molar-refractivity contribution in [1.82, 2.24) is 0 Å². The SMILES string of the molecule is CCOC(=O)[C@@H](C(=O)Nc1cccc([N+](=O)[O-])c1)C1CCCCC1. The van der Waals surface area contributed by atoms with Crippen molar-refractivity contribution >= 4 is 23.3 Å². The van der Waals surface area contributed by atoms with Crippen LogP contribution in [0.25, 0.3) is 0 Å². The van der Waals surface area contributed by atoms with Crippen LogP contribution in [0.15, 0.2) is 24.3 Å². The lowest BCUT2D eigenvalue weighted by Gasteiger charge is -2.27. The Morgan fingerprint density at radius 2 is 2.04 bits per heavy atom. The number of esters is 1. The molecule has 1 aromatic carbocycles. The van der Waals surface area contributed by atoms with Gasteiger partial charge in [-0.2, -0.15) is 0 Å². The topological polar surface area (TPSA) is 98.5 Å². The molecule has 1 atom stereocenters. The first kappa shape index (κ1) is 17.9. The maximum Gasteiger partial charge on any atom is 0.318 e. The highest BCUT2D eigenvalue weighted by Gasteiger charge is 2.36. The van der Waals surface area contributed by atoms with Gasteiger partial charge in [-0.05, 0) is 31.7 Å². The maximum atomic E-state index is 12.6. The summed E-state index contributed by atoms with van der Waals surface area (Å²) < 4.78 is 5.07. The molecule has 7 heteroatoms. The van der Waals surface area contributed by atoms with Crippen LogP contribution in [0.5, 0.6) is 0 Å². The third-order valence-electron chi connectivity index (χ3n) is 4.27. The fourth-order valence-electron chi connectivity index (χ4n) is 3.13. The molecule has 0 saturated heterocycles. The van der Waals surface area contributed by atoms with Crippen LogP contribution >= 0.6 is 0 Å². The molecule has 7 nitrogen and oxygen atoms in total. The van der Waals surface area contributed by atoms with E-state index in [0.29, 0.717) is 5.69 Å². The Balaban J connectivity index is 2.16. The average molecular weight is 334 g/mol. The minimum Gasteiger partial charge on any atom is -0.465 e. The molecule has 1 aliphatic carbocycles. The molecule has 1 aromatic rings. The standard InChI is InChI=1S/C17H22N2O5/c1-2-24-17(21)15(12-7-4-3-5-8-12)16(20)18-13-9-6-10-14(11-13)19(22)23/h6,9-12,15H,2-5,7-8H2,1H3,(H,18,20)/t15-/m1/s1. The summed E-state index contributed by atoms with van der Waals surface area (Å²) in [4.78, 5) is 35.2. The van der Waals surface area contributed by atoms with Crippen LogP contribution < -0.4 is 5.32 Å². The highest BCUT2D eigenvalue weighted by atomic mass is 16.6. The van der Waals surface area contributed by atoms with Crippen LogP contribution in [0.1, 0.15) is 39.0 Å². The molecule has 1 fully saturated rings. The van der Waals surface area contributed by atoms with Crippen LogP contribution in [0.4, 0.5) is 11.4 Å². The molecule has 0 heterocycles. The van der Waals surface area contributed by atoms with E-state index in [9.17, 15) is 19.7 Å². The normalized spacial score (nSPS) is 16.2. The van der Waals surface area contributed by atoms with Gasteiger partial charge in [-0.15, -0.1) is 0 Å². The van der Waals surface area contributed by atoms with E-state index in [1.807, 2.05) is 0 Å². The quantitative estimate of drug-likeness (QED) is 0.372. The first-order chi connectivity index (χ1) is 11.5. The number of non-ortho nitro benzene ring substituents is 1. The van der Waals surface area contributed by atoms with Gasteiger partial charge in [0.1, 0.15) is 5.92 Å². The van der Waals surface area contributed by atoms with E-state index in [1.54, 1.807) is 13.0 Å². The summed E-state index contributed by atoms with van der Waals surface area (Å²) in [6.07, 6.45) is 4.71. The zero-order valence-electron chi connectivity index (χ0n) is 13.7. The molecular weight excluding hydrogens is 312 g/mol. The Labute approximate surface area is 140 Å². The Bertz CT molecular complexity index is 611. The van der Waals surface area contributed by atoms with Gasteiger partial charge < -0.3 is 10.1 Å². The van der Waals surface area contributed by atoms with E-state index in [2.05, 4.69) is 5.32 Å². The molecule has 24 heavy (non-hydrogen) atoms. The summed E-state index contributed by atoms with van der Waals surface area (Å²) in [7, 11) is 0. The van der Waals surface area contributed by atoms with Crippen molar-refractivity contribution in [2.24, 2.45) is 11.8 Å². The van der Waals surface area contributed by atoms with Gasteiger partial charge in [-0.3, -0.25) is 19.7 Å². The molecule has 0 aromatic heterocycles. The maximum absolute atomic E-state index is 12.6. The molecule has 0 bridgehead atoms. The molecule has 2 rings (SSSR count). The van der Waals surface area contributed by atoms with Crippen LogP contribution in [-0.2, 0) is 14.3 Å². The zero-order chi connectivity index (χ0) is 17.5. The monoisotopic (exact) mass is 334 g/mol. The zero-order valence-corrected chi connectivity index (χ0v) is 13.7. The average Bonchev–Trinajstić information content (AvgIpc) is 2.56. The fraction of sp³-hybridized carbons (Fsp3) is 0.529. The van der Waals surface area contributed by atoms with Crippen molar-refractivity contribution in [3.8, 4) is 0 Å². The third kappa shape index (κ3) is 4.53. The number of hydrogen-bond acceptors (Lipinski definition) is 5. The van der Waals surface area contributed by atoms with Gasteiger partial charge in [0.15, 0.2) is 0 Å². The lowest BCUT2D eigenvalue weighted by Crippen LogP contribution is -2.37. The van der Waals surface area contributed by atoms with E-state index in [-0.39, 0.29) is 18.2 Å². The number of hydrogen-bond donors (Lipinski definition) is 1. The molecule has 0 radical (unpaired) electrons. The second-order valence-corrected chi connectivity index (χ2v) is 5.92. The Hall–Kier alpha value is -2.44. The molecule has 130 valence electrons. The molecule has 1 N–H and O–H groups in total. The van der Waals surface area contributed by atoms with E-state index >= 15 is 0 Å². The van der Waals surface area contributed by atoms with Crippen LogP contribution in [0.3, 0.4) is 0 Å². The Kier molecular flexibility index (Phi) is 6.28. The molecule has 1 aliphatic rings. The van der Waals surface area contributed by atoms with Crippen molar-refractivity contribution in [2.75, 3.05) is 11.9 Å². The Morgan fingerprint density at radius 1 is 1.33 bits per heavy atom. The van der Waals surface area contributed by atoms with Gasteiger partial charge in [0.05, 0.1) is 11.5 Å². The van der Waals surface area contributed by atoms with E-state index in [0.717, 1.165) is 32.1 Å². The van der Waals surface area contributed by atoms with E-state index in [1.165, 1.54) is 18.2 Å². The third-order valence-corrected chi connectivity index (χ3v) is 4.27. The number of carbonyl (C=O) groups excluding carboxylic acids is 2. The summed E-state index contributed by atoms with van der Waals surface area (Å²) in [5.74, 6) is -1.89. The molecular formula is C17H22N2O5. The predicted octanol–water partition coefficient (Wildman–Crippen LogP) is 3.29. The number of nitro groups is 1. The summed E-state index contributed by atoms with van der Waals surface area (Å²) in [5.41, 5.74) is 0.192. The summed E-state index contributed by atoms with van der Waals surface area (Å²) >= 11 is 0. The summed E-state index contributed by atoms with van der Waals surface area (Å²) in [6, 6.07) is 5.68. The molecule has 0 spiro atoms. The number of nitrogens with zero attached hydrogens (tertiary/aromatic N) is 1. The number of rotatable bonds is 6. The number of nitrogens with one attached hydrogen (secondary N) is 1. The molecule has 0 aliphatic heterocycles. The van der Waals surface area contributed by atoms with Crippen molar-refractivity contribution < 1.29 is 19.2 Å². The summed E-state index contributed by atoms with van der Waals surface area (Å²) in [6.45, 7) is 1.92. The number of nitro benzene ring substituents is 1. The van der Waals surface area contributed by atoms with Crippen molar-refractivity contribution in [2.45, 2.75) is 39.0 Å². The highest BCUT2D eigenvalue weighted by molar-refractivity contribution is 6.05. The van der Waals surface area contributed by atoms with Crippen molar-refractivity contribution in [1.29, 1.82) is 0 Å². The molecule has 1 amide bonds. The summed E-state index contributed by atoms with van der Waals surface area (Å²) in [5, 5.41) is 13.5. The lowest BCUT2D eigenvalue weighted by molar-refractivity contribution is -0.384. The van der Waals surface area contributed by atoms with Crippen LogP contribution in [-0.4, -0.2) is 23.4 Å². The van der Waals surface area contributed by atoms with Gasteiger partial charge in [0.2, 0.25) is 5.91 Å². The van der Waals surface area contributed by atoms with Gasteiger partial charge in [-0.25, -0.2) is 0 Å². The van der Waals surface area contributed by atoms with Gasteiger partial charge in [0.25, 0.3) is 5.69 Å². The van der Waals surface area contributed by atoms with Crippen LogP contribution in [0, 0.1) is 22.0 Å². The lowest BCUT2D eigenvalue weighted by atomic mass is 9.79. The second-order valence-electron chi connectivity index (χ2n) is 5.92. The number of benzene rings is 1. The minimum atomic E-state index is -0.871. The van der Waals surface area contributed by atoms with Gasteiger partial charge in [0, 0.05) is 17.8 Å². The number of amides is 1. The number of ether oxygens (including phenoxy) is 1. The van der Waals surface area contributed by atoms with E-state index in [4.69, 9.17) is 4.74 Å². The minimum absolute atomic E-state index is 0.0449. The molecule has 0 unspecified atom stereocenters. The first-order valence-electron chi connectivity index (χ1n) is 8.25. The number of carbonyl (C=O) groups is 2. The highest BCUT2D eigenvalue weighted by Crippen LogP contribution is 2.32. The van der Waals surface area contributed by atoms with Gasteiger partial charge >= 0.3 is 5.97 Å². The number of anilines is 1. The predicted molar refractivity (Wildman–Crippen MR) is 88.4 cm³/mol. The van der Waals surface area contributed by atoms with E-state index < -0.39 is 22.7 Å². The molecule has 1 saturated carbocycles. The van der Waals surface area contributed by atoms with Crippen molar-refractivity contribution in [3.63, 3.8) is 0 Å². The Morgan fingerprint density at radius 3 is 2.67 bits per heavy atom. The second kappa shape index (κ2) is 8.42. The van der Waals surface area contributed by atoms with Crippen molar-refractivity contribution in [3.05, 3.63) is 34.4 Å². The van der Waals surface area contributed by atoms with Gasteiger partial charge in [-0.1, -0.05) is 25.3 Å².